The van der Waals surface area contributed by atoms with E-state index < -0.39 is 0 Å². The largest absolute Gasteiger partial charge is 0.411 e. The van der Waals surface area contributed by atoms with Gasteiger partial charge in [0.1, 0.15) is 5.82 Å². The fraction of sp³-hybridized carbons (Fsp3) is 0.273. The van der Waals surface area contributed by atoms with E-state index in [0.717, 1.165) is 29.9 Å². The van der Waals surface area contributed by atoms with Gasteiger partial charge >= 0.3 is 0 Å². The quantitative estimate of drug-likeness (QED) is 0.396. The number of rotatable bonds is 5. The molecule has 0 aliphatic carbocycles. The zero-order valence-electron chi connectivity index (χ0n) is 16.5. The smallest absolute Gasteiger partial charge is 0.277 e. The van der Waals surface area contributed by atoms with E-state index in [9.17, 15) is 9.18 Å². The third-order valence-corrected chi connectivity index (χ3v) is 7.25. The number of amides is 1. The third kappa shape index (κ3) is 4.47. The Labute approximate surface area is 186 Å². The SMILES string of the molecule is O=C(CSc1nnc(-c2ccc(F)cc2)o1)N1CCC[C@@H](c2nc3ccccc3s2)C1. The summed E-state index contributed by atoms with van der Waals surface area (Å²) in [6, 6.07) is 14.0. The molecule has 1 aliphatic rings. The summed E-state index contributed by atoms with van der Waals surface area (Å²) >= 11 is 2.94. The Hall–Kier alpha value is -2.78. The number of hydrogen-bond donors (Lipinski definition) is 0. The Morgan fingerprint density at radius 3 is 2.87 bits per heavy atom. The first-order valence-electron chi connectivity index (χ1n) is 10.0. The monoisotopic (exact) mass is 454 g/mol. The molecule has 1 saturated heterocycles. The molecular weight excluding hydrogens is 435 g/mol. The summed E-state index contributed by atoms with van der Waals surface area (Å²) in [5.41, 5.74) is 1.66. The van der Waals surface area contributed by atoms with Crippen LogP contribution >= 0.6 is 23.1 Å². The van der Waals surface area contributed by atoms with Crippen molar-refractivity contribution >= 4 is 39.2 Å². The molecule has 158 valence electrons. The van der Waals surface area contributed by atoms with Crippen LogP contribution in [0.4, 0.5) is 4.39 Å². The Morgan fingerprint density at radius 1 is 1.19 bits per heavy atom. The minimum atomic E-state index is -0.325. The van der Waals surface area contributed by atoms with Crippen LogP contribution in [0.15, 0.2) is 58.2 Å². The van der Waals surface area contributed by atoms with Crippen LogP contribution in [-0.2, 0) is 4.79 Å². The zero-order valence-corrected chi connectivity index (χ0v) is 18.2. The van der Waals surface area contributed by atoms with Crippen molar-refractivity contribution in [3.63, 3.8) is 0 Å². The fourth-order valence-corrected chi connectivity index (χ4v) is 5.42. The summed E-state index contributed by atoms with van der Waals surface area (Å²) in [5, 5.41) is 9.41. The van der Waals surface area contributed by atoms with Crippen molar-refractivity contribution < 1.29 is 13.6 Å². The van der Waals surface area contributed by atoms with Gasteiger partial charge in [-0.15, -0.1) is 21.5 Å². The summed E-state index contributed by atoms with van der Waals surface area (Å²) < 4.78 is 19.9. The highest BCUT2D eigenvalue weighted by Gasteiger charge is 2.27. The van der Waals surface area contributed by atoms with Crippen molar-refractivity contribution in [3.8, 4) is 11.5 Å². The van der Waals surface area contributed by atoms with Gasteiger partial charge in [-0.2, -0.15) is 0 Å². The lowest BCUT2D eigenvalue weighted by molar-refractivity contribution is -0.129. The van der Waals surface area contributed by atoms with Gasteiger partial charge in [0, 0.05) is 24.6 Å². The second-order valence-corrected chi connectivity index (χ2v) is 9.36. The van der Waals surface area contributed by atoms with E-state index >= 15 is 0 Å². The number of thioether (sulfide) groups is 1. The van der Waals surface area contributed by atoms with Crippen LogP contribution in [0.5, 0.6) is 0 Å². The molecule has 1 atom stereocenters. The third-order valence-electron chi connectivity index (χ3n) is 5.25. The molecular formula is C22H19FN4O2S2. The molecule has 1 fully saturated rings. The first kappa shape index (κ1) is 20.1. The Balaban J connectivity index is 1.20. The van der Waals surface area contributed by atoms with Crippen molar-refractivity contribution in [1.82, 2.24) is 20.1 Å². The predicted molar refractivity (Wildman–Crippen MR) is 119 cm³/mol. The molecule has 6 nitrogen and oxygen atoms in total. The van der Waals surface area contributed by atoms with E-state index in [-0.39, 0.29) is 23.4 Å². The number of hydrogen-bond acceptors (Lipinski definition) is 7. The van der Waals surface area contributed by atoms with E-state index in [1.807, 2.05) is 23.1 Å². The number of likely N-dealkylation sites (tertiary alicyclic amines) is 1. The number of nitrogens with zero attached hydrogens (tertiary/aromatic N) is 4. The number of halogens is 1. The van der Waals surface area contributed by atoms with Crippen LogP contribution in [0.1, 0.15) is 23.8 Å². The summed E-state index contributed by atoms with van der Waals surface area (Å²) in [4.78, 5) is 19.5. The highest BCUT2D eigenvalue weighted by molar-refractivity contribution is 7.99. The Morgan fingerprint density at radius 2 is 2.03 bits per heavy atom. The van der Waals surface area contributed by atoms with Crippen molar-refractivity contribution in [2.45, 2.75) is 24.0 Å². The molecule has 0 radical (unpaired) electrons. The molecule has 31 heavy (non-hydrogen) atoms. The fourth-order valence-electron chi connectivity index (χ4n) is 3.66. The zero-order chi connectivity index (χ0) is 21.2. The Kier molecular flexibility index (Phi) is 5.69. The minimum Gasteiger partial charge on any atom is -0.411 e. The van der Waals surface area contributed by atoms with Crippen molar-refractivity contribution in [2.75, 3.05) is 18.8 Å². The lowest BCUT2D eigenvalue weighted by Crippen LogP contribution is -2.40. The van der Waals surface area contributed by atoms with E-state index in [1.165, 1.54) is 28.6 Å². The van der Waals surface area contributed by atoms with Crippen LogP contribution < -0.4 is 0 Å². The molecule has 0 N–H and O–H groups in total. The van der Waals surface area contributed by atoms with E-state index in [0.29, 0.717) is 23.2 Å². The molecule has 1 aliphatic heterocycles. The van der Waals surface area contributed by atoms with E-state index in [4.69, 9.17) is 9.40 Å². The van der Waals surface area contributed by atoms with Crippen molar-refractivity contribution in [1.29, 1.82) is 0 Å². The number of para-hydroxylation sites is 1. The number of piperidine rings is 1. The molecule has 0 unspecified atom stereocenters. The van der Waals surface area contributed by atoms with Crippen molar-refractivity contribution in [3.05, 3.63) is 59.4 Å². The van der Waals surface area contributed by atoms with Crippen LogP contribution in [0.25, 0.3) is 21.7 Å². The number of thiazole rings is 1. The highest BCUT2D eigenvalue weighted by atomic mass is 32.2. The van der Waals surface area contributed by atoms with Gasteiger partial charge in [0.2, 0.25) is 11.8 Å². The second kappa shape index (κ2) is 8.76. The first-order chi connectivity index (χ1) is 15.2. The van der Waals surface area contributed by atoms with Gasteiger partial charge in [-0.05, 0) is 49.2 Å². The maximum atomic E-state index is 13.1. The number of benzene rings is 2. The summed E-state index contributed by atoms with van der Waals surface area (Å²) in [6.07, 6.45) is 2.01. The molecule has 0 bridgehead atoms. The van der Waals surface area contributed by atoms with Crippen LogP contribution in [0, 0.1) is 5.82 Å². The summed E-state index contributed by atoms with van der Waals surface area (Å²) in [7, 11) is 0. The van der Waals surface area contributed by atoms with Gasteiger partial charge in [-0.25, -0.2) is 9.37 Å². The average molecular weight is 455 g/mol. The van der Waals surface area contributed by atoms with Gasteiger partial charge in [0.05, 0.1) is 21.0 Å². The van der Waals surface area contributed by atoms with Gasteiger partial charge in [-0.1, -0.05) is 23.9 Å². The van der Waals surface area contributed by atoms with Gasteiger partial charge in [0.15, 0.2) is 0 Å². The van der Waals surface area contributed by atoms with Gasteiger partial charge < -0.3 is 9.32 Å². The number of fused-ring (bicyclic) bond motifs is 1. The van der Waals surface area contributed by atoms with Crippen LogP contribution in [0.3, 0.4) is 0 Å². The predicted octanol–water partition coefficient (Wildman–Crippen LogP) is 4.98. The molecule has 2 aromatic carbocycles. The number of carbonyl (C=O) groups is 1. The second-order valence-electron chi connectivity index (χ2n) is 7.37. The summed E-state index contributed by atoms with van der Waals surface area (Å²) in [6.45, 7) is 1.44. The van der Waals surface area contributed by atoms with Crippen molar-refractivity contribution in [2.24, 2.45) is 0 Å². The first-order valence-corrected chi connectivity index (χ1v) is 11.8. The molecule has 9 heteroatoms. The topological polar surface area (TPSA) is 72.1 Å². The Bertz CT molecular complexity index is 1170. The van der Waals surface area contributed by atoms with Crippen LogP contribution in [-0.4, -0.2) is 44.8 Å². The molecule has 0 spiro atoms. The molecule has 2 aromatic heterocycles. The standard InChI is InChI=1S/C22H19FN4O2S2/c23-16-9-7-14(8-10-16)20-25-26-22(29-20)30-13-19(28)27-11-3-4-15(12-27)21-24-17-5-1-2-6-18(17)31-21/h1-2,5-10,15H,3-4,11-13H2/t15-/m1/s1. The number of aromatic nitrogens is 3. The lowest BCUT2D eigenvalue weighted by Gasteiger charge is -2.31. The summed E-state index contributed by atoms with van der Waals surface area (Å²) in [5.74, 6) is 0.543. The number of carbonyl (C=O) groups excluding carboxylic acids is 1. The average Bonchev–Trinajstić information content (AvgIpc) is 3.45. The van der Waals surface area contributed by atoms with E-state index in [2.05, 4.69) is 16.3 Å². The van der Waals surface area contributed by atoms with Gasteiger partial charge in [-0.3, -0.25) is 4.79 Å². The lowest BCUT2D eigenvalue weighted by atomic mass is 9.99. The minimum absolute atomic E-state index is 0.0531. The van der Waals surface area contributed by atoms with E-state index in [1.54, 1.807) is 23.5 Å². The molecule has 3 heterocycles. The maximum Gasteiger partial charge on any atom is 0.277 e. The molecule has 5 rings (SSSR count). The highest BCUT2D eigenvalue weighted by Crippen LogP contribution is 2.33. The van der Waals surface area contributed by atoms with Gasteiger partial charge in [0.25, 0.3) is 5.22 Å². The molecule has 4 aromatic rings. The molecule has 0 saturated carbocycles. The maximum absolute atomic E-state index is 13.1. The molecule has 1 amide bonds. The normalized spacial score (nSPS) is 16.7. The van der Waals surface area contributed by atoms with Crippen LogP contribution in [0.2, 0.25) is 0 Å².